The predicted octanol–water partition coefficient (Wildman–Crippen LogP) is 1.08. The first-order valence-corrected chi connectivity index (χ1v) is 7.30. The average molecular weight is 305 g/mol. The Morgan fingerprint density at radius 2 is 1.86 bits per heavy atom. The molecule has 0 amide bonds. The SMILES string of the molecule is CN(Cc1noc(Cc2ccccc2)n1)CC(C)(CO)CO. The van der Waals surface area contributed by atoms with Crippen molar-refractivity contribution in [3.05, 3.63) is 47.6 Å². The lowest BCUT2D eigenvalue weighted by Gasteiger charge is -2.29. The summed E-state index contributed by atoms with van der Waals surface area (Å²) in [4.78, 5) is 6.34. The first-order valence-electron chi connectivity index (χ1n) is 7.30. The minimum atomic E-state index is -0.536. The van der Waals surface area contributed by atoms with E-state index in [9.17, 15) is 10.2 Å². The fraction of sp³-hybridized carbons (Fsp3) is 0.500. The van der Waals surface area contributed by atoms with Crippen LogP contribution in [0.15, 0.2) is 34.9 Å². The van der Waals surface area contributed by atoms with Crippen LogP contribution in [0.4, 0.5) is 0 Å². The van der Waals surface area contributed by atoms with E-state index in [0.717, 1.165) is 5.56 Å². The molecule has 0 bridgehead atoms. The highest BCUT2D eigenvalue weighted by Crippen LogP contribution is 2.16. The summed E-state index contributed by atoms with van der Waals surface area (Å²) in [6.45, 7) is 2.75. The quantitative estimate of drug-likeness (QED) is 0.759. The largest absolute Gasteiger partial charge is 0.396 e. The molecule has 1 aromatic carbocycles. The van der Waals surface area contributed by atoms with Gasteiger partial charge in [-0.25, -0.2) is 0 Å². The molecule has 0 radical (unpaired) electrons. The zero-order valence-electron chi connectivity index (χ0n) is 13.1. The molecule has 0 aliphatic rings. The van der Waals surface area contributed by atoms with Crippen molar-refractivity contribution in [1.82, 2.24) is 15.0 Å². The summed E-state index contributed by atoms with van der Waals surface area (Å²) in [6, 6.07) is 9.96. The summed E-state index contributed by atoms with van der Waals surface area (Å²) in [7, 11) is 1.90. The Hall–Kier alpha value is -1.76. The lowest BCUT2D eigenvalue weighted by molar-refractivity contribution is 0.0394. The molecule has 1 heterocycles. The first-order chi connectivity index (χ1) is 10.5. The van der Waals surface area contributed by atoms with E-state index in [2.05, 4.69) is 10.1 Å². The Bertz CT molecular complexity index is 567. The number of rotatable bonds is 8. The van der Waals surface area contributed by atoms with E-state index in [-0.39, 0.29) is 13.2 Å². The molecule has 22 heavy (non-hydrogen) atoms. The summed E-state index contributed by atoms with van der Waals surface area (Å²) in [5.74, 6) is 1.19. The van der Waals surface area contributed by atoms with Crippen molar-refractivity contribution in [2.75, 3.05) is 26.8 Å². The molecule has 0 spiro atoms. The van der Waals surface area contributed by atoms with Crippen molar-refractivity contribution < 1.29 is 14.7 Å². The van der Waals surface area contributed by atoms with E-state index >= 15 is 0 Å². The number of aliphatic hydroxyl groups is 2. The Labute approximate surface area is 130 Å². The maximum atomic E-state index is 9.33. The van der Waals surface area contributed by atoms with Crippen molar-refractivity contribution in [2.45, 2.75) is 19.9 Å². The third-order valence-corrected chi connectivity index (χ3v) is 3.53. The fourth-order valence-electron chi connectivity index (χ4n) is 2.30. The van der Waals surface area contributed by atoms with Crippen LogP contribution in [-0.4, -0.2) is 52.1 Å². The van der Waals surface area contributed by atoms with E-state index in [1.54, 1.807) is 0 Å². The average Bonchev–Trinajstić information content (AvgIpc) is 2.95. The second-order valence-electron chi connectivity index (χ2n) is 6.07. The molecule has 0 aliphatic heterocycles. The molecule has 6 nitrogen and oxygen atoms in total. The molecule has 0 unspecified atom stereocenters. The lowest BCUT2D eigenvalue weighted by atomic mass is 9.92. The molecule has 6 heteroatoms. The minimum Gasteiger partial charge on any atom is -0.396 e. The molecular weight excluding hydrogens is 282 g/mol. The van der Waals surface area contributed by atoms with Gasteiger partial charge in [-0.1, -0.05) is 42.4 Å². The van der Waals surface area contributed by atoms with Gasteiger partial charge in [-0.2, -0.15) is 4.98 Å². The molecule has 2 rings (SSSR count). The van der Waals surface area contributed by atoms with Gasteiger partial charge in [-0.3, -0.25) is 4.90 Å². The fourth-order valence-corrected chi connectivity index (χ4v) is 2.30. The van der Waals surface area contributed by atoms with Crippen molar-refractivity contribution in [3.63, 3.8) is 0 Å². The van der Waals surface area contributed by atoms with Crippen LogP contribution < -0.4 is 0 Å². The smallest absolute Gasteiger partial charge is 0.231 e. The summed E-state index contributed by atoms with van der Waals surface area (Å²) >= 11 is 0. The highest BCUT2D eigenvalue weighted by molar-refractivity contribution is 5.17. The Kier molecular flexibility index (Phi) is 5.65. The van der Waals surface area contributed by atoms with Gasteiger partial charge in [-0.15, -0.1) is 0 Å². The highest BCUT2D eigenvalue weighted by Gasteiger charge is 2.25. The Balaban J connectivity index is 1.91. The van der Waals surface area contributed by atoms with Crippen LogP contribution in [0.1, 0.15) is 24.2 Å². The van der Waals surface area contributed by atoms with E-state index in [0.29, 0.717) is 31.2 Å². The zero-order chi connectivity index (χ0) is 16.0. The Morgan fingerprint density at radius 1 is 1.18 bits per heavy atom. The second kappa shape index (κ2) is 7.49. The monoisotopic (exact) mass is 305 g/mol. The van der Waals surface area contributed by atoms with Crippen LogP contribution in [0.2, 0.25) is 0 Å². The number of aliphatic hydroxyl groups excluding tert-OH is 2. The van der Waals surface area contributed by atoms with Crippen LogP contribution >= 0.6 is 0 Å². The lowest BCUT2D eigenvalue weighted by Crippen LogP contribution is -2.38. The maximum absolute atomic E-state index is 9.33. The normalized spacial score (nSPS) is 12.0. The van der Waals surface area contributed by atoms with Gasteiger partial charge in [0.15, 0.2) is 5.82 Å². The summed E-state index contributed by atoms with van der Waals surface area (Å²) in [5.41, 5.74) is 0.588. The van der Waals surface area contributed by atoms with Gasteiger partial charge in [0.05, 0.1) is 26.2 Å². The Morgan fingerprint density at radius 3 is 2.50 bits per heavy atom. The highest BCUT2D eigenvalue weighted by atomic mass is 16.5. The van der Waals surface area contributed by atoms with Gasteiger partial charge < -0.3 is 14.7 Å². The number of nitrogens with zero attached hydrogens (tertiary/aromatic N) is 3. The molecule has 0 aliphatic carbocycles. The van der Waals surface area contributed by atoms with Gasteiger partial charge in [0.25, 0.3) is 0 Å². The molecule has 1 aromatic heterocycles. The molecule has 2 N–H and O–H groups in total. The molecule has 2 aromatic rings. The van der Waals surface area contributed by atoms with Gasteiger partial charge in [0, 0.05) is 12.0 Å². The van der Waals surface area contributed by atoms with E-state index in [1.807, 2.05) is 49.2 Å². The molecular formula is C16H23N3O3. The van der Waals surface area contributed by atoms with Crippen molar-refractivity contribution >= 4 is 0 Å². The van der Waals surface area contributed by atoms with Gasteiger partial charge in [0.2, 0.25) is 5.89 Å². The topological polar surface area (TPSA) is 82.6 Å². The number of aromatic nitrogens is 2. The van der Waals surface area contributed by atoms with Crippen molar-refractivity contribution in [3.8, 4) is 0 Å². The number of hydrogen-bond acceptors (Lipinski definition) is 6. The molecule has 120 valence electrons. The molecule has 0 saturated carbocycles. The van der Waals surface area contributed by atoms with Gasteiger partial charge in [0.1, 0.15) is 0 Å². The van der Waals surface area contributed by atoms with E-state index in [1.165, 1.54) is 0 Å². The maximum Gasteiger partial charge on any atom is 0.231 e. The second-order valence-corrected chi connectivity index (χ2v) is 6.07. The van der Waals surface area contributed by atoms with Crippen molar-refractivity contribution in [2.24, 2.45) is 5.41 Å². The van der Waals surface area contributed by atoms with Crippen LogP contribution in [-0.2, 0) is 13.0 Å². The minimum absolute atomic E-state index is 0.0701. The van der Waals surface area contributed by atoms with E-state index < -0.39 is 5.41 Å². The first kappa shape index (κ1) is 16.6. The molecule has 0 saturated heterocycles. The zero-order valence-corrected chi connectivity index (χ0v) is 13.1. The third-order valence-electron chi connectivity index (χ3n) is 3.53. The third kappa shape index (κ3) is 4.62. The van der Waals surface area contributed by atoms with Gasteiger partial charge in [-0.05, 0) is 12.6 Å². The predicted molar refractivity (Wildman–Crippen MR) is 82.2 cm³/mol. The van der Waals surface area contributed by atoms with Crippen LogP contribution in [0, 0.1) is 5.41 Å². The van der Waals surface area contributed by atoms with E-state index in [4.69, 9.17) is 4.52 Å². The summed E-state index contributed by atoms with van der Waals surface area (Å²) in [5, 5.41) is 22.6. The standard InChI is InChI=1S/C16H23N3O3/c1-16(11-20,12-21)10-19(2)9-14-17-15(22-18-14)8-13-6-4-3-5-7-13/h3-7,20-21H,8-12H2,1-2H3. The van der Waals surface area contributed by atoms with Crippen molar-refractivity contribution in [1.29, 1.82) is 0 Å². The number of hydrogen-bond donors (Lipinski definition) is 2. The van der Waals surface area contributed by atoms with Crippen LogP contribution in [0.25, 0.3) is 0 Å². The van der Waals surface area contributed by atoms with Crippen LogP contribution in [0.3, 0.4) is 0 Å². The molecule has 0 atom stereocenters. The number of benzene rings is 1. The molecule has 0 fully saturated rings. The summed E-state index contributed by atoms with van der Waals surface area (Å²) in [6.07, 6.45) is 0.614. The summed E-state index contributed by atoms with van der Waals surface area (Å²) < 4.78 is 5.27. The van der Waals surface area contributed by atoms with Gasteiger partial charge >= 0.3 is 0 Å². The van der Waals surface area contributed by atoms with Crippen LogP contribution in [0.5, 0.6) is 0 Å².